The van der Waals surface area contributed by atoms with Crippen molar-refractivity contribution in [2.45, 2.75) is 76.9 Å². The highest BCUT2D eigenvalue weighted by Crippen LogP contribution is 2.18. The van der Waals surface area contributed by atoms with Gasteiger partial charge in [-0.15, -0.1) is 0 Å². The fourth-order valence-electron chi connectivity index (χ4n) is 3.82. The fraction of sp³-hybridized carbons (Fsp3) is 0.481. The van der Waals surface area contributed by atoms with E-state index in [0.717, 1.165) is 17.5 Å². The Hall–Kier alpha value is -2.71. The van der Waals surface area contributed by atoms with Crippen LogP contribution in [0.15, 0.2) is 59.5 Å². The highest BCUT2D eigenvalue weighted by atomic mass is 32.2. The van der Waals surface area contributed by atoms with Crippen molar-refractivity contribution in [3.8, 4) is 0 Å². The molecular weight excluding hydrogens is 462 g/mol. The van der Waals surface area contributed by atoms with Crippen LogP contribution in [0.25, 0.3) is 0 Å². The molecule has 0 aliphatic carbocycles. The number of nitrogens with zero attached hydrogens (tertiary/aromatic N) is 2. The van der Waals surface area contributed by atoms with Gasteiger partial charge in [0.2, 0.25) is 21.8 Å². The van der Waals surface area contributed by atoms with E-state index in [4.69, 9.17) is 0 Å². The van der Waals surface area contributed by atoms with Crippen LogP contribution in [0.2, 0.25) is 0 Å². The number of sulfonamides is 1. The molecule has 2 rings (SSSR count). The normalized spacial score (nSPS) is 13.3. The predicted octanol–water partition coefficient (Wildman–Crippen LogP) is 4.12. The Balaban J connectivity index is 2.15. The summed E-state index contributed by atoms with van der Waals surface area (Å²) in [6.07, 6.45) is 1.79. The van der Waals surface area contributed by atoms with Crippen LogP contribution < -0.4 is 5.32 Å². The third-order valence-electron chi connectivity index (χ3n) is 6.30. The van der Waals surface area contributed by atoms with Crippen molar-refractivity contribution in [1.82, 2.24) is 14.5 Å². The molecule has 2 atom stereocenters. The fourth-order valence-corrected chi connectivity index (χ4v) is 5.05. The standard InChI is InChI=1S/C27H39N3O4S/c1-6-22(4)28-27(32)25(7-2)30(20-23-15-12-11-14-21(23)3)26(31)18-13-19-29(5)35(33,34)24-16-9-8-10-17-24/h8-12,14-17,22,25H,6-7,13,18-20H2,1-5H3,(H,28,32)/t22-,25+/m1/s1. The molecule has 8 heteroatoms. The van der Waals surface area contributed by atoms with Gasteiger partial charge in [0, 0.05) is 32.6 Å². The molecule has 2 aromatic rings. The van der Waals surface area contributed by atoms with Gasteiger partial charge in [-0.1, -0.05) is 56.3 Å². The zero-order chi connectivity index (χ0) is 26.0. The SMILES string of the molecule is CC[C@@H](C)NC(=O)[C@H](CC)N(Cc1ccccc1C)C(=O)CCCN(C)S(=O)(=O)c1ccccc1. The average molecular weight is 502 g/mol. The highest BCUT2D eigenvalue weighted by molar-refractivity contribution is 7.89. The molecule has 0 saturated carbocycles. The number of hydrogen-bond donors (Lipinski definition) is 1. The molecule has 0 aromatic heterocycles. The summed E-state index contributed by atoms with van der Waals surface area (Å²) in [6, 6.07) is 15.5. The summed E-state index contributed by atoms with van der Waals surface area (Å²) in [5, 5.41) is 3.01. The number of amides is 2. The predicted molar refractivity (Wildman–Crippen MR) is 139 cm³/mol. The summed E-state index contributed by atoms with van der Waals surface area (Å²) >= 11 is 0. The van der Waals surface area contributed by atoms with Crippen LogP contribution >= 0.6 is 0 Å². The molecule has 2 aromatic carbocycles. The maximum Gasteiger partial charge on any atom is 0.243 e. The van der Waals surface area contributed by atoms with Crippen LogP contribution in [-0.2, 0) is 26.2 Å². The molecule has 35 heavy (non-hydrogen) atoms. The van der Waals surface area contributed by atoms with Crippen LogP contribution in [0.5, 0.6) is 0 Å². The summed E-state index contributed by atoms with van der Waals surface area (Å²) in [7, 11) is -2.10. The Morgan fingerprint density at radius 1 is 0.971 bits per heavy atom. The molecule has 1 N–H and O–H groups in total. The van der Waals surface area contributed by atoms with Gasteiger partial charge in [0.05, 0.1) is 4.90 Å². The molecule has 0 saturated heterocycles. The first-order chi connectivity index (χ1) is 16.6. The first-order valence-electron chi connectivity index (χ1n) is 12.3. The number of carbonyl (C=O) groups is 2. The van der Waals surface area contributed by atoms with Gasteiger partial charge in [-0.2, -0.15) is 0 Å². The van der Waals surface area contributed by atoms with E-state index < -0.39 is 16.1 Å². The molecule has 0 bridgehead atoms. The number of aryl methyl sites for hydroxylation is 1. The van der Waals surface area contributed by atoms with Crippen LogP contribution in [0.1, 0.15) is 57.6 Å². The largest absolute Gasteiger partial charge is 0.352 e. The molecule has 0 fully saturated rings. The van der Waals surface area contributed by atoms with Crippen molar-refractivity contribution in [3.63, 3.8) is 0 Å². The van der Waals surface area contributed by atoms with Gasteiger partial charge in [0.15, 0.2) is 0 Å². The van der Waals surface area contributed by atoms with E-state index in [1.807, 2.05) is 52.0 Å². The molecule has 0 aliphatic heterocycles. The van der Waals surface area contributed by atoms with Gasteiger partial charge in [-0.25, -0.2) is 12.7 Å². The Morgan fingerprint density at radius 2 is 1.60 bits per heavy atom. The lowest BCUT2D eigenvalue weighted by Gasteiger charge is -2.32. The Morgan fingerprint density at radius 3 is 2.20 bits per heavy atom. The molecule has 0 unspecified atom stereocenters. The molecule has 0 radical (unpaired) electrons. The van der Waals surface area contributed by atoms with Gasteiger partial charge >= 0.3 is 0 Å². The molecule has 2 amide bonds. The maximum absolute atomic E-state index is 13.4. The summed E-state index contributed by atoms with van der Waals surface area (Å²) in [6.45, 7) is 8.37. The summed E-state index contributed by atoms with van der Waals surface area (Å²) < 4.78 is 26.8. The van der Waals surface area contributed by atoms with Crippen LogP contribution in [0.4, 0.5) is 0 Å². The lowest BCUT2D eigenvalue weighted by Crippen LogP contribution is -2.50. The average Bonchev–Trinajstić information content (AvgIpc) is 2.85. The zero-order valence-electron chi connectivity index (χ0n) is 21.5. The van der Waals surface area contributed by atoms with Crippen LogP contribution in [-0.4, -0.2) is 55.1 Å². The van der Waals surface area contributed by atoms with E-state index in [0.29, 0.717) is 19.4 Å². The third kappa shape index (κ3) is 7.90. The lowest BCUT2D eigenvalue weighted by molar-refractivity contribution is -0.141. The van der Waals surface area contributed by atoms with Gasteiger partial charge in [0.1, 0.15) is 6.04 Å². The number of carbonyl (C=O) groups excluding carboxylic acids is 2. The molecule has 0 aliphatic rings. The van der Waals surface area contributed by atoms with Crippen molar-refractivity contribution in [2.75, 3.05) is 13.6 Å². The molecule has 0 spiro atoms. The first-order valence-corrected chi connectivity index (χ1v) is 13.7. The van der Waals surface area contributed by atoms with E-state index in [9.17, 15) is 18.0 Å². The smallest absolute Gasteiger partial charge is 0.243 e. The Bertz CT molecular complexity index is 1070. The van der Waals surface area contributed by atoms with Crippen molar-refractivity contribution in [2.24, 2.45) is 0 Å². The van der Waals surface area contributed by atoms with Crippen molar-refractivity contribution in [3.05, 3.63) is 65.7 Å². The van der Waals surface area contributed by atoms with E-state index in [-0.39, 0.29) is 35.7 Å². The third-order valence-corrected chi connectivity index (χ3v) is 8.18. The minimum Gasteiger partial charge on any atom is -0.352 e. The highest BCUT2D eigenvalue weighted by Gasteiger charge is 2.29. The van der Waals surface area contributed by atoms with Gasteiger partial charge in [-0.05, 0) is 56.4 Å². The molecule has 0 heterocycles. The molecule has 7 nitrogen and oxygen atoms in total. The molecular formula is C27H39N3O4S. The van der Waals surface area contributed by atoms with Crippen LogP contribution in [0.3, 0.4) is 0 Å². The summed E-state index contributed by atoms with van der Waals surface area (Å²) in [5.74, 6) is -0.322. The number of benzene rings is 2. The minimum absolute atomic E-state index is 0.0174. The van der Waals surface area contributed by atoms with E-state index in [2.05, 4.69) is 5.32 Å². The van der Waals surface area contributed by atoms with Gasteiger partial charge < -0.3 is 10.2 Å². The minimum atomic E-state index is -3.62. The quantitative estimate of drug-likeness (QED) is 0.447. The Kier molecular flexibility index (Phi) is 10.9. The second-order valence-corrected chi connectivity index (χ2v) is 11.0. The van der Waals surface area contributed by atoms with Gasteiger partial charge in [0.25, 0.3) is 0 Å². The Labute approximate surface area is 210 Å². The summed E-state index contributed by atoms with van der Waals surface area (Å²) in [4.78, 5) is 28.3. The van der Waals surface area contributed by atoms with Crippen molar-refractivity contribution in [1.29, 1.82) is 0 Å². The van der Waals surface area contributed by atoms with Crippen molar-refractivity contribution < 1.29 is 18.0 Å². The van der Waals surface area contributed by atoms with Crippen molar-refractivity contribution >= 4 is 21.8 Å². The number of hydrogen-bond acceptors (Lipinski definition) is 4. The second-order valence-electron chi connectivity index (χ2n) is 8.93. The van der Waals surface area contributed by atoms with E-state index >= 15 is 0 Å². The van der Waals surface area contributed by atoms with Gasteiger partial charge in [-0.3, -0.25) is 9.59 Å². The van der Waals surface area contributed by atoms with Crippen LogP contribution in [0, 0.1) is 6.92 Å². The zero-order valence-corrected chi connectivity index (χ0v) is 22.3. The summed E-state index contributed by atoms with van der Waals surface area (Å²) in [5.41, 5.74) is 2.04. The lowest BCUT2D eigenvalue weighted by atomic mass is 10.0. The number of nitrogens with one attached hydrogen (secondary N) is 1. The van der Waals surface area contributed by atoms with E-state index in [1.54, 1.807) is 35.2 Å². The first kappa shape index (κ1) is 28.5. The monoisotopic (exact) mass is 501 g/mol. The molecule has 192 valence electrons. The second kappa shape index (κ2) is 13.4. The number of rotatable bonds is 13. The maximum atomic E-state index is 13.4. The topological polar surface area (TPSA) is 86.8 Å². The van der Waals surface area contributed by atoms with E-state index in [1.165, 1.54) is 11.4 Å².